The Kier molecular flexibility index (Phi) is 5.09. The van der Waals surface area contributed by atoms with Crippen molar-refractivity contribution in [2.75, 3.05) is 16.9 Å². The van der Waals surface area contributed by atoms with Crippen molar-refractivity contribution >= 4 is 55.2 Å². The molecule has 3 rings (SSSR count). The Morgan fingerprint density at radius 1 is 1.04 bits per heavy atom. The fourth-order valence-corrected chi connectivity index (χ4v) is 3.56. The van der Waals surface area contributed by atoms with Crippen LogP contribution in [0.15, 0.2) is 57.5 Å². The van der Waals surface area contributed by atoms with Gasteiger partial charge in [0.05, 0.1) is 13.2 Å². The molecule has 0 radical (unpaired) electrons. The molecule has 8 heteroatoms. The van der Waals surface area contributed by atoms with Crippen LogP contribution in [0.3, 0.4) is 0 Å². The number of amides is 2. The molecule has 2 unspecified atom stereocenters. The second-order valence-corrected chi connectivity index (χ2v) is 7.67. The third-order valence-corrected chi connectivity index (χ3v) is 5.44. The van der Waals surface area contributed by atoms with E-state index in [1.165, 1.54) is 12.0 Å². The van der Waals surface area contributed by atoms with Gasteiger partial charge in [-0.3, -0.25) is 9.80 Å². The second-order valence-electron chi connectivity index (χ2n) is 5.83. The molecular formula is C18H16Br2N2O4. The van der Waals surface area contributed by atoms with Crippen molar-refractivity contribution in [2.45, 2.75) is 18.7 Å². The number of carbonyl (C=O) groups is 2. The number of carbonyl (C=O) groups excluding carboxylic acids is 2. The minimum absolute atomic E-state index is 0.387. The van der Waals surface area contributed by atoms with Crippen molar-refractivity contribution < 1.29 is 19.4 Å². The lowest BCUT2D eigenvalue weighted by molar-refractivity contribution is -0.161. The molecule has 1 saturated heterocycles. The summed E-state index contributed by atoms with van der Waals surface area (Å²) in [5.74, 6) is -0.902. The molecule has 1 fully saturated rings. The molecule has 0 bridgehead atoms. The molecule has 2 aromatic carbocycles. The van der Waals surface area contributed by atoms with Crippen LogP contribution < -0.4 is 9.80 Å². The number of urea groups is 1. The molecule has 1 aliphatic heterocycles. The van der Waals surface area contributed by atoms with E-state index in [0.29, 0.717) is 11.4 Å². The summed E-state index contributed by atoms with van der Waals surface area (Å²) >= 11 is 6.69. The van der Waals surface area contributed by atoms with Crippen molar-refractivity contribution in [3.63, 3.8) is 0 Å². The highest BCUT2D eigenvalue weighted by molar-refractivity contribution is 9.10. The van der Waals surface area contributed by atoms with E-state index in [-0.39, 0.29) is 0 Å². The Labute approximate surface area is 167 Å². The quantitative estimate of drug-likeness (QED) is 0.672. The number of rotatable bonds is 3. The fourth-order valence-electron chi connectivity index (χ4n) is 3.03. The molecule has 1 N–H and O–H groups in total. The topological polar surface area (TPSA) is 70.1 Å². The molecule has 2 atom stereocenters. The van der Waals surface area contributed by atoms with Crippen molar-refractivity contribution in [3.8, 4) is 0 Å². The summed E-state index contributed by atoms with van der Waals surface area (Å²) in [6, 6.07) is 12.4. The Morgan fingerprint density at radius 2 is 1.50 bits per heavy atom. The zero-order chi connectivity index (χ0) is 19.1. The molecule has 0 aromatic heterocycles. The van der Waals surface area contributed by atoms with E-state index in [2.05, 4.69) is 31.9 Å². The molecule has 2 aromatic rings. The molecule has 6 nitrogen and oxygen atoms in total. The molecular weight excluding hydrogens is 468 g/mol. The summed E-state index contributed by atoms with van der Waals surface area (Å²) in [5.41, 5.74) is -1.21. The van der Waals surface area contributed by atoms with Gasteiger partial charge in [0.15, 0.2) is 0 Å². The number of halogens is 2. The van der Waals surface area contributed by atoms with Crippen LogP contribution in [0.2, 0.25) is 0 Å². The van der Waals surface area contributed by atoms with Gasteiger partial charge in [-0.05, 0) is 55.5 Å². The standard InChI is InChI=1S/C18H16Br2N2O4/c1-11-18(25,16(23)26-2)22(15-9-5-13(20)6-10-15)17(24)21(11)14-7-3-12(19)4-8-14/h3-11,25H,1-2H3. The van der Waals surface area contributed by atoms with E-state index in [1.807, 2.05) is 0 Å². The minimum Gasteiger partial charge on any atom is -0.465 e. The van der Waals surface area contributed by atoms with E-state index < -0.39 is 23.8 Å². The molecule has 0 aliphatic carbocycles. The first-order valence-electron chi connectivity index (χ1n) is 7.76. The average Bonchev–Trinajstić information content (AvgIpc) is 2.83. The van der Waals surface area contributed by atoms with E-state index >= 15 is 0 Å². The Morgan fingerprint density at radius 3 is 1.96 bits per heavy atom. The van der Waals surface area contributed by atoms with Gasteiger partial charge in [0.2, 0.25) is 0 Å². The third kappa shape index (κ3) is 2.91. The number of nitrogens with zero attached hydrogens (tertiary/aromatic N) is 2. The Bertz CT molecular complexity index is 841. The van der Waals surface area contributed by atoms with Gasteiger partial charge in [-0.25, -0.2) is 9.59 Å². The fraction of sp³-hybridized carbons (Fsp3) is 0.222. The lowest BCUT2D eigenvalue weighted by Gasteiger charge is -2.32. The maximum Gasteiger partial charge on any atom is 0.362 e. The normalized spacial score (nSPS) is 22.7. The Balaban J connectivity index is 2.14. The summed E-state index contributed by atoms with van der Waals surface area (Å²) < 4.78 is 6.48. The van der Waals surface area contributed by atoms with Crippen LogP contribution >= 0.6 is 31.9 Å². The molecule has 0 saturated carbocycles. The molecule has 2 amide bonds. The van der Waals surface area contributed by atoms with Crippen LogP contribution in [0, 0.1) is 0 Å². The summed E-state index contributed by atoms with van der Waals surface area (Å²) in [7, 11) is 1.18. The van der Waals surface area contributed by atoms with Gasteiger partial charge < -0.3 is 9.84 Å². The van der Waals surface area contributed by atoms with Gasteiger partial charge in [-0.1, -0.05) is 31.9 Å². The molecule has 1 heterocycles. The van der Waals surface area contributed by atoms with Gasteiger partial charge in [0, 0.05) is 20.3 Å². The maximum absolute atomic E-state index is 13.2. The van der Waals surface area contributed by atoms with Gasteiger partial charge in [0.1, 0.15) is 0 Å². The maximum atomic E-state index is 13.2. The zero-order valence-electron chi connectivity index (χ0n) is 14.0. The van der Waals surface area contributed by atoms with E-state index in [9.17, 15) is 14.7 Å². The zero-order valence-corrected chi connectivity index (χ0v) is 17.2. The van der Waals surface area contributed by atoms with Crippen molar-refractivity contribution in [1.29, 1.82) is 0 Å². The van der Waals surface area contributed by atoms with Crippen LogP contribution in [0.1, 0.15) is 6.92 Å². The number of ether oxygens (including phenoxy) is 1. The highest BCUT2D eigenvalue weighted by Gasteiger charge is 2.61. The van der Waals surface area contributed by atoms with E-state index in [0.717, 1.165) is 13.8 Å². The largest absolute Gasteiger partial charge is 0.465 e. The van der Waals surface area contributed by atoms with Crippen molar-refractivity contribution in [3.05, 3.63) is 57.5 Å². The third-order valence-electron chi connectivity index (χ3n) is 4.38. The van der Waals surface area contributed by atoms with Crippen LogP contribution in [0.4, 0.5) is 16.2 Å². The van der Waals surface area contributed by atoms with E-state index in [1.54, 1.807) is 55.5 Å². The Hall–Kier alpha value is -1.90. The minimum atomic E-state index is -2.16. The summed E-state index contributed by atoms with van der Waals surface area (Å²) in [6.07, 6.45) is 0. The number of hydrogen-bond acceptors (Lipinski definition) is 4. The number of anilines is 2. The number of hydrogen-bond donors (Lipinski definition) is 1. The number of benzene rings is 2. The highest BCUT2D eigenvalue weighted by atomic mass is 79.9. The first kappa shape index (κ1) is 18.9. The van der Waals surface area contributed by atoms with Gasteiger partial charge in [-0.2, -0.15) is 0 Å². The number of methoxy groups -OCH3 is 1. The lowest BCUT2D eigenvalue weighted by Crippen LogP contribution is -2.58. The lowest BCUT2D eigenvalue weighted by atomic mass is 10.0. The molecule has 0 spiro atoms. The summed E-state index contributed by atoms with van der Waals surface area (Å²) in [4.78, 5) is 28.1. The smallest absolute Gasteiger partial charge is 0.362 e. The first-order valence-corrected chi connectivity index (χ1v) is 9.34. The summed E-state index contributed by atoms with van der Waals surface area (Å²) in [6.45, 7) is 1.61. The summed E-state index contributed by atoms with van der Waals surface area (Å²) in [5, 5.41) is 11.2. The van der Waals surface area contributed by atoms with E-state index in [4.69, 9.17) is 4.74 Å². The van der Waals surface area contributed by atoms with Crippen molar-refractivity contribution in [2.24, 2.45) is 0 Å². The molecule has 1 aliphatic rings. The van der Waals surface area contributed by atoms with Crippen LogP contribution in [-0.4, -0.2) is 36.0 Å². The average molecular weight is 484 g/mol. The van der Waals surface area contributed by atoms with Crippen LogP contribution in [-0.2, 0) is 9.53 Å². The SMILES string of the molecule is COC(=O)C1(O)C(C)N(c2ccc(Br)cc2)C(=O)N1c1ccc(Br)cc1. The molecule has 136 valence electrons. The van der Waals surface area contributed by atoms with Gasteiger partial charge in [-0.15, -0.1) is 0 Å². The second kappa shape index (κ2) is 7.02. The predicted octanol–water partition coefficient (Wildman–Crippen LogP) is 3.91. The van der Waals surface area contributed by atoms with Gasteiger partial charge in [0.25, 0.3) is 5.72 Å². The number of aliphatic hydroxyl groups is 1. The van der Waals surface area contributed by atoms with Crippen molar-refractivity contribution in [1.82, 2.24) is 0 Å². The number of esters is 1. The van der Waals surface area contributed by atoms with Crippen LogP contribution in [0.5, 0.6) is 0 Å². The predicted molar refractivity (Wildman–Crippen MR) is 105 cm³/mol. The van der Waals surface area contributed by atoms with Gasteiger partial charge >= 0.3 is 12.0 Å². The highest BCUT2D eigenvalue weighted by Crippen LogP contribution is 2.39. The van der Waals surface area contributed by atoms with Crippen LogP contribution in [0.25, 0.3) is 0 Å². The molecule has 26 heavy (non-hydrogen) atoms. The first-order chi connectivity index (χ1) is 12.3. The monoisotopic (exact) mass is 482 g/mol.